The highest BCUT2D eigenvalue weighted by Gasteiger charge is 2.34. The highest BCUT2D eigenvalue weighted by atomic mass is 32.1. The third kappa shape index (κ3) is 6.70. The van der Waals surface area contributed by atoms with Gasteiger partial charge in [-0.15, -0.1) is 11.3 Å². The molecule has 2 amide bonds. The number of carbonyl (C=O) groups is 2. The summed E-state index contributed by atoms with van der Waals surface area (Å²) in [6.07, 6.45) is -1.44. The summed E-state index contributed by atoms with van der Waals surface area (Å²) < 4.78 is 41.8. The molecule has 0 aliphatic carbocycles. The number of fused-ring (bicyclic) bond motifs is 1. The topological polar surface area (TPSA) is 146 Å². The van der Waals surface area contributed by atoms with E-state index < -0.39 is 46.3 Å². The van der Waals surface area contributed by atoms with Gasteiger partial charge in [0.05, 0.1) is 18.2 Å². The molecule has 1 aromatic carbocycles. The van der Waals surface area contributed by atoms with Gasteiger partial charge in [-0.25, -0.2) is 19.6 Å². The summed E-state index contributed by atoms with van der Waals surface area (Å²) in [6, 6.07) is 4.90. The Morgan fingerprint density at radius 1 is 1.14 bits per heavy atom. The summed E-state index contributed by atoms with van der Waals surface area (Å²) in [5, 5.41) is 26.1. The Kier molecular flexibility index (Phi) is 8.92. The zero-order valence-corrected chi connectivity index (χ0v) is 24.6. The number of carboxylic acid groups (broad SMARTS) is 1. The van der Waals surface area contributed by atoms with Gasteiger partial charge in [0.1, 0.15) is 16.4 Å². The van der Waals surface area contributed by atoms with Crippen LogP contribution in [0.3, 0.4) is 0 Å². The Bertz CT molecular complexity index is 1740. The van der Waals surface area contributed by atoms with Crippen molar-refractivity contribution < 1.29 is 33.0 Å². The van der Waals surface area contributed by atoms with Crippen LogP contribution in [-0.2, 0) is 6.18 Å². The van der Waals surface area contributed by atoms with E-state index >= 15 is 0 Å². The molecule has 0 aliphatic heterocycles. The fraction of sp³-hybridized carbons (Fsp3) is 0.345. The maximum Gasteiger partial charge on any atom is 0.434 e. The summed E-state index contributed by atoms with van der Waals surface area (Å²) in [4.78, 5) is 45.6. The van der Waals surface area contributed by atoms with Gasteiger partial charge in [0.25, 0.3) is 0 Å². The third-order valence-electron chi connectivity index (χ3n) is 6.79. The Morgan fingerprint density at radius 2 is 1.86 bits per heavy atom. The van der Waals surface area contributed by atoms with E-state index in [-0.39, 0.29) is 28.4 Å². The summed E-state index contributed by atoms with van der Waals surface area (Å²) in [7, 11) is 0. The summed E-state index contributed by atoms with van der Waals surface area (Å²) >= 11 is 0.746. The average Bonchev–Trinajstić information content (AvgIpc) is 3.44. The van der Waals surface area contributed by atoms with Crippen molar-refractivity contribution in [1.29, 1.82) is 0 Å². The maximum absolute atomic E-state index is 13.4. The number of carbonyl (C=O) groups excluding carboxylic acids is 1. The monoisotopic (exact) mass is 617 g/mol. The van der Waals surface area contributed by atoms with E-state index in [9.17, 15) is 37.8 Å². The number of amides is 2. The van der Waals surface area contributed by atoms with E-state index in [2.05, 4.69) is 20.6 Å². The number of alkyl halides is 3. The number of anilines is 1. The molecule has 0 radical (unpaired) electrons. The number of aromatic carboxylic acids is 1. The van der Waals surface area contributed by atoms with Crippen LogP contribution in [0.5, 0.6) is 0 Å². The number of rotatable bonds is 8. The zero-order chi connectivity index (χ0) is 31.7. The predicted molar refractivity (Wildman–Crippen MR) is 157 cm³/mol. The van der Waals surface area contributed by atoms with Crippen LogP contribution in [0.4, 0.5) is 23.8 Å². The molecule has 43 heavy (non-hydrogen) atoms. The molecule has 3 aromatic heterocycles. The molecule has 1 atom stereocenters. The number of aliphatic hydroxyl groups excluding tert-OH is 1. The molecule has 10 nitrogen and oxygen atoms in total. The first kappa shape index (κ1) is 31.6. The number of pyridine rings is 2. The number of halogens is 3. The minimum Gasteiger partial charge on any atom is -0.477 e. The number of aliphatic hydroxyl groups is 1. The van der Waals surface area contributed by atoms with Crippen LogP contribution < -0.4 is 16.1 Å². The lowest BCUT2D eigenvalue weighted by Gasteiger charge is -2.32. The van der Waals surface area contributed by atoms with Crippen molar-refractivity contribution >= 4 is 40.1 Å². The number of benzene rings is 1. The van der Waals surface area contributed by atoms with Gasteiger partial charge in [0.2, 0.25) is 5.43 Å². The number of nitrogens with one attached hydrogen (secondary N) is 2. The van der Waals surface area contributed by atoms with Crippen LogP contribution in [0.1, 0.15) is 56.2 Å². The number of aromatic nitrogens is 3. The van der Waals surface area contributed by atoms with Gasteiger partial charge in [0, 0.05) is 40.8 Å². The van der Waals surface area contributed by atoms with E-state index in [0.717, 1.165) is 16.7 Å². The van der Waals surface area contributed by atoms with E-state index in [0.29, 0.717) is 29.6 Å². The quantitative estimate of drug-likeness (QED) is 0.189. The molecular weight excluding hydrogens is 587 g/mol. The summed E-state index contributed by atoms with van der Waals surface area (Å²) in [5.41, 5.74) is -1.65. The van der Waals surface area contributed by atoms with Crippen molar-refractivity contribution in [3.8, 4) is 21.7 Å². The Labute approximate surface area is 248 Å². The second kappa shape index (κ2) is 12.1. The van der Waals surface area contributed by atoms with E-state index in [1.54, 1.807) is 16.7 Å². The predicted octanol–water partition coefficient (Wildman–Crippen LogP) is 6.02. The second-order valence-corrected chi connectivity index (χ2v) is 11.8. The zero-order valence-electron chi connectivity index (χ0n) is 23.7. The molecule has 0 spiro atoms. The standard InChI is InChI=1S/C29H30F3N5O5S/c1-5-8-33-27(42)36-23-10-16(25-35-21(14-43-25)29(30,31)32)18(11-34-23)15-6-7-20-17(9-15)24(39)19(26(40)41)12-37(20)22(13-38)28(2,3)4/h6-7,9-12,14,22,38H,5,8,13H2,1-4H3,(H,40,41)(H2,33,34,36,42)/t22-/m1/s1. The molecule has 4 N–H and O–H groups in total. The summed E-state index contributed by atoms with van der Waals surface area (Å²) in [5.74, 6) is -1.39. The normalized spacial score (nSPS) is 12.7. The van der Waals surface area contributed by atoms with Gasteiger partial charge in [-0.3, -0.25) is 10.1 Å². The molecule has 0 bridgehead atoms. The highest BCUT2D eigenvalue weighted by Crippen LogP contribution is 2.39. The van der Waals surface area contributed by atoms with Crippen LogP contribution in [0.15, 0.2) is 46.8 Å². The van der Waals surface area contributed by atoms with Crippen LogP contribution in [0, 0.1) is 5.41 Å². The Morgan fingerprint density at radius 3 is 2.44 bits per heavy atom. The van der Waals surface area contributed by atoms with Gasteiger partial charge >= 0.3 is 18.2 Å². The fourth-order valence-corrected chi connectivity index (χ4v) is 5.43. The Hall–Kier alpha value is -4.30. The first-order valence-electron chi connectivity index (χ1n) is 13.3. The van der Waals surface area contributed by atoms with E-state index in [1.165, 1.54) is 24.5 Å². The molecular formula is C29H30F3N5O5S. The lowest BCUT2D eigenvalue weighted by molar-refractivity contribution is -0.140. The van der Waals surface area contributed by atoms with Gasteiger partial charge in [0.15, 0.2) is 5.69 Å². The number of hydrogen-bond acceptors (Lipinski definition) is 7. The maximum atomic E-state index is 13.4. The fourth-order valence-electron chi connectivity index (χ4n) is 4.57. The van der Waals surface area contributed by atoms with Gasteiger partial charge in [-0.2, -0.15) is 13.2 Å². The lowest BCUT2D eigenvalue weighted by atomic mass is 9.86. The van der Waals surface area contributed by atoms with Crippen LogP contribution in [-0.4, -0.2) is 49.9 Å². The molecule has 0 aliphatic rings. The molecule has 228 valence electrons. The smallest absolute Gasteiger partial charge is 0.434 e. The molecule has 0 unspecified atom stereocenters. The highest BCUT2D eigenvalue weighted by molar-refractivity contribution is 7.13. The molecule has 0 saturated heterocycles. The van der Waals surface area contributed by atoms with Crippen LogP contribution in [0.2, 0.25) is 0 Å². The van der Waals surface area contributed by atoms with Gasteiger partial charge in [-0.1, -0.05) is 33.8 Å². The van der Waals surface area contributed by atoms with Crippen molar-refractivity contribution in [2.24, 2.45) is 5.41 Å². The average molecular weight is 618 g/mol. The third-order valence-corrected chi connectivity index (χ3v) is 7.66. The molecule has 3 heterocycles. The van der Waals surface area contributed by atoms with Crippen molar-refractivity contribution in [2.45, 2.75) is 46.3 Å². The number of thiazole rings is 1. The van der Waals surface area contributed by atoms with E-state index in [1.807, 2.05) is 27.7 Å². The molecule has 14 heteroatoms. The van der Waals surface area contributed by atoms with Crippen LogP contribution >= 0.6 is 11.3 Å². The molecule has 4 aromatic rings. The van der Waals surface area contributed by atoms with Gasteiger partial charge in [-0.05, 0) is 35.6 Å². The number of nitrogens with zero attached hydrogens (tertiary/aromatic N) is 3. The lowest BCUT2D eigenvalue weighted by Crippen LogP contribution is -2.30. The van der Waals surface area contributed by atoms with Crippen molar-refractivity contribution in [2.75, 3.05) is 18.5 Å². The number of hydrogen-bond donors (Lipinski definition) is 4. The largest absolute Gasteiger partial charge is 0.477 e. The van der Waals surface area contributed by atoms with Crippen molar-refractivity contribution in [1.82, 2.24) is 19.9 Å². The minimum atomic E-state index is -4.68. The second-order valence-electron chi connectivity index (χ2n) is 10.9. The molecule has 0 saturated carbocycles. The van der Waals surface area contributed by atoms with Gasteiger partial charge < -0.3 is 20.1 Å². The van der Waals surface area contributed by atoms with Crippen molar-refractivity contribution in [3.63, 3.8) is 0 Å². The SMILES string of the molecule is CCCNC(=O)Nc1cc(-c2nc(C(F)(F)F)cs2)c(-c2ccc3c(c2)c(=O)c(C(=O)O)cn3[C@H](CO)C(C)(C)C)cn1. The summed E-state index contributed by atoms with van der Waals surface area (Å²) in [6.45, 7) is 7.54. The van der Waals surface area contributed by atoms with Crippen LogP contribution in [0.25, 0.3) is 32.6 Å². The first-order chi connectivity index (χ1) is 20.1. The number of carboxylic acids is 1. The first-order valence-corrected chi connectivity index (χ1v) is 14.1. The molecule has 4 rings (SSSR count). The van der Waals surface area contributed by atoms with Crippen molar-refractivity contribution in [3.05, 3.63) is 63.5 Å². The Balaban J connectivity index is 1.95. The molecule has 0 fully saturated rings. The number of urea groups is 1. The van der Waals surface area contributed by atoms with E-state index in [4.69, 9.17) is 0 Å². The minimum absolute atomic E-state index is 0.00777.